The van der Waals surface area contributed by atoms with Gasteiger partial charge in [-0.15, -0.1) is 5.10 Å². The van der Waals surface area contributed by atoms with E-state index in [1.165, 1.54) is 0 Å². The highest BCUT2D eigenvalue weighted by molar-refractivity contribution is 6.31. The molecule has 0 saturated carbocycles. The van der Waals surface area contributed by atoms with E-state index in [9.17, 15) is 0 Å². The zero-order valence-corrected chi connectivity index (χ0v) is 19.2. The third kappa shape index (κ3) is 3.94. The van der Waals surface area contributed by atoms with Gasteiger partial charge in [0.2, 0.25) is 0 Å². The summed E-state index contributed by atoms with van der Waals surface area (Å²) in [7, 11) is 3.28. The van der Waals surface area contributed by atoms with Crippen molar-refractivity contribution in [3.63, 3.8) is 0 Å². The van der Waals surface area contributed by atoms with Gasteiger partial charge in [-0.25, -0.2) is 0 Å². The molecule has 7 heteroatoms. The van der Waals surface area contributed by atoms with Crippen molar-refractivity contribution in [1.82, 2.24) is 10.2 Å². The molecule has 0 radical (unpaired) electrons. The number of hydrogen-bond donors (Lipinski definition) is 1. The first-order chi connectivity index (χ1) is 16.1. The number of fused-ring (bicyclic) bond motifs is 2. The minimum Gasteiger partial charge on any atom is -0.497 e. The Morgan fingerprint density at radius 3 is 2.64 bits per heavy atom. The number of furan rings is 1. The smallest absolute Gasteiger partial charge is 0.156 e. The summed E-state index contributed by atoms with van der Waals surface area (Å²) in [4.78, 5) is 0. The van der Waals surface area contributed by atoms with Gasteiger partial charge in [-0.05, 0) is 55.0 Å². The van der Waals surface area contributed by atoms with E-state index in [-0.39, 0.29) is 0 Å². The maximum Gasteiger partial charge on any atom is 0.156 e. The molecule has 5 aromatic rings. The fraction of sp³-hybridized carbons (Fsp3) is 0.154. The Hall–Kier alpha value is -3.77. The van der Waals surface area contributed by atoms with Gasteiger partial charge in [-0.2, -0.15) is 5.10 Å². The summed E-state index contributed by atoms with van der Waals surface area (Å²) >= 11 is 6.36. The average molecular weight is 460 g/mol. The molecule has 0 spiro atoms. The molecule has 3 aromatic carbocycles. The molecule has 0 bridgehead atoms. The Bertz CT molecular complexity index is 1480. The molecule has 0 unspecified atom stereocenters. The monoisotopic (exact) mass is 459 g/mol. The van der Waals surface area contributed by atoms with E-state index < -0.39 is 0 Å². The van der Waals surface area contributed by atoms with Crippen LogP contribution in [0, 0.1) is 6.92 Å². The van der Waals surface area contributed by atoms with Gasteiger partial charge in [-0.3, -0.25) is 0 Å². The number of hydrogen-bond acceptors (Lipinski definition) is 6. The van der Waals surface area contributed by atoms with Crippen molar-refractivity contribution in [2.75, 3.05) is 19.5 Å². The molecule has 1 N–H and O–H groups in total. The number of benzene rings is 3. The van der Waals surface area contributed by atoms with Crippen LogP contribution in [-0.4, -0.2) is 24.4 Å². The van der Waals surface area contributed by atoms with Crippen LogP contribution in [0.2, 0.25) is 5.02 Å². The van der Waals surface area contributed by atoms with Gasteiger partial charge in [0.25, 0.3) is 0 Å². The molecular weight excluding hydrogens is 438 g/mol. The molecule has 0 saturated heterocycles. The van der Waals surface area contributed by atoms with Crippen LogP contribution in [0.15, 0.2) is 65.3 Å². The fourth-order valence-corrected chi connectivity index (χ4v) is 4.24. The van der Waals surface area contributed by atoms with E-state index in [1.807, 2.05) is 43.3 Å². The van der Waals surface area contributed by atoms with Crippen molar-refractivity contribution in [1.29, 1.82) is 0 Å². The molecule has 0 atom stereocenters. The minimum absolute atomic E-state index is 0.531. The highest BCUT2D eigenvalue weighted by atomic mass is 35.5. The van der Waals surface area contributed by atoms with Gasteiger partial charge < -0.3 is 19.2 Å². The summed E-state index contributed by atoms with van der Waals surface area (Å²) in [6.07, 6.45) is 1.68. The number of nitrogens with zero attached hydrogens (tertiary/aromatic N) is 2. The third-order valence-corrected chi connectivity index (χ3v) is 5.95. The Balaban J connectivity index is 1.52. The number of ether oxygens (including phenoxy) is 2. The number of aryl methyl sites for hydroxylation is 1. The Morgan fingerprint density at radius 1 is 0.939 bits per heavy atom. The van der Waals surface area contributed by atoms with E-state index in [2.05, 4.69) is 33.7 Å². The summed E-state index contributed by atoms with van der Waals surface area (Å²) < 4.78 is 16.5. The zero-order chi connectivity index (χ0) is 22.9. The summed E-state index contributed by atoms with van der Waals surface area (Å²) in [5, 5.41) is 15.8. The number of nitrogens with one attached hydrogen (secondary N) is 1. The van der Waals surface area contributed by atoms with Gasteiger partial charge in [0, 0.05) is 44.9 Å². The maximum atomic E-state index is 6.36. The highest BCUT2D eigenvalue weighted by Crippen LogP contribution is 2.35. The van der Waals surface area contributed by atoms with Gasteiger partial charge in [0.1, 0.15) is 17.1 Å². The van der Waals surface area contributed by atoms with E-state index in [0.29, 0.717) is 17.4 Å². The lowest BCUT2D eigenvalue weighted by Gasteiger charge is -2.14. The standard InChI is InChI=1S/C26H22ClN3O3/c1-15-22-11-16(23-12-19(27)10-17-8-9-33-25(17)23)5-7-21(22)26(30-29-15)28-14-18-4-6-20(31-2)13-24(18)32-3/h4-13H,14H2,1-3H3,(H,28,30). The number of rotatable bonds is 6. The minimum atomic E-state index is 0.531. The summed E-state index contributed by atoms with van der Waals surface area (Å²) in [5.41, 5.74) is 4.59. The summed E-state index contributed by atoms with van der Waals surface area (Å²) in [6, 6.07) is 17.7. The van der Waals surface area contributed by atoms with Crippen molar-refractivity contribution in [3.05, 3.63) is 77.1 Å². The lowest BCUT2D eigenvalue weighted by molar-refractivity contribution is 0.391. The van der Waals surface area contributed by atoms with E-state index in [0.717, 1.165) is 55.6 Å². The van der Waals surface area contributed by atoms with Crippen molar-refractivity contribution in [3.8, 4) is 22.6 Å². The first-order valence-electron chi connectivity index (χ1n) is 10.5. The van der Waals surface area contributed by atoms with Crippen molar-refractivity contribution < 1.29 is 13.9 Å². The predicted molar refractivity (Wildman–Crippen MR) is 131 cm³/mol. The van der Waals surface area contributed by atoms with Crippen LogP contribution in [-0.2, 0) is 6.54 Å². The SMILES string of the molecule is COc1ccc(CNc2nnc(C)c3cc(-c4cc(Cl)cc5ccoc45)ccc23)c(OC)c1. The summed E-state index contributed by atoms with van der Waals surface area (Å²) in [5.74, 6) is 2.20. The molecule has 0 fully saturated rings. The van der Waals surface area contributed by atoms with Crippen LogP contribution in [0.5, 0.6) is 11.5 Å². The van der Waals surface area contributed by atoms with E-state index in [1.54, 1.807) is 20.5 Å². The first-order valence-corrected chi connectivity index (χ1v) is 10.8. The van der Waals surface area contributed by atoms with Crippen LogP contribution < -0.4 is 14.8 Å². The normalized spacial score (nSPS) is 11.2. The largest absolute Gasteiger partial charge is 0.497 e. The number of methoxy groups -OCH3 is 2. The molecule has 2 heterocycles. The fourth-order valence-electron chi connectivity index (χ4n) is 4.02. The van der Waals surface area contributed by atoms with Crippen LogP contribution in [0.25, 0.3) is 32.9 Å². The van der Waals surface area contributed by atoms with Crippen LogP contribution in [0.4, 0.5) is 5.82 Å². The van der Waals surface area contributed by atoms with Crippen LogP contribution in [0.1, 0.15) is 11.3 Å². The Kier molecular flexibility index (Phi) is 5.52. The van der Waals surface area contributed by atoms with E-state index in [4.69, 9.17) is 25.5 Å². The lowest BCUT2D eigenvalue weighted by atomic mass is 9.99. The van der Waals surface area contributed by atoms with E-state index >= 15 is 0 Å². The van der Waals surface area contributed by atoms with Gasteiger partial charge >= 0.3 is 0 Å². The molecule has 0 aliphatic rings. The number of aromatic nitrogens is 2. The lowest BCUT2D eigenvalue weighted by Crippen LogP contribution is -2.05. The Morgan fingerprint density at radius 2 is 1.82 bits per heavy atom. The second-order valence-corrected chi connectivity index (χ2v) is 8.15. The predicted octanol–water partition coefficient (Wildman–Crippen LogP) is 6.63. The molecule has 5 rings (SSSR count). The second kappa shape index (κ2) is 8.64. The molecule has 6 nitrogen and oxygen atoms in total. The number of halogens is 1. The quantitative estimate of drug-likeness (QED) is 0.307. The molecule has 166 valence electrons. The molecule has 0 aliphatic heterocycles. The molecule has 2 aromatic heterocycles. The van der Waals surface area contributed by atoms with Crippen LogP contribution >= 0.6 is 11.6 Å². The topological polar surface area (TPSA) is 69.4 Å². The van der Waals surface area contributed by atoms with Crippen molar-refractivity contribution in [2.24, 2.45) is 0 Å². The molecule has 0 aliphatic carbocycles. The van der Waals surface area contributed by atoms with Gasteiger partial charge in [-0.1, -0.05) is 17.7 Å². The van der Waals surface area contributed by atoms with Gasteiger partial charge in [0.15, 0.2) is 5.82 Å². The van der Waals surface area contributed by atoms with Crippen molar-refractivity contribution >= 4 is 39.2 Å². The molecule has 33 heavy (non-hydrogen) atoms. The number of anilines is 1. The average Bonchev–Trinajstić information content (AvgIpc) is 3.31. The Labute approximate surface area is 196 Å². The van der Waals surface area contributed by atoms with Crippen LogP contribution in [0.3, 0.4) is 0 Å². The van der Waals surface area contributed by atoms with Crippen molar-refractivity contribution in [2.45, 2.75) is 13.5 Å². The first kappa shape index (κ1) is 21.1. The highest BCUT2D eigenvalue weighted by Gasteiger charge is 2.13. The second-order valence-electron chi connectivity index (χ2n) is 7.72. The third-order valence-electron chi connectivity index (χ3n) is 5.73. The summed E-state index contributed by atoms with van der Waals surface area (Å²) in [6.45, 7) is 2.49. The molecular formula is C26H22ClN3O3. The molecule has 0 amide bonds. The zero-order valence-electron chi connectivity index (χ0n) is 18.5. The van der Waals surface area contributed by atoms with Gasteiger partial charge in [0.05, 0.1) is 26.2 Å². The maximum absolute atomic E-state index is 6.36.